The van der Waals surface area contributed by atoms with E-state index in [0.29, 0.717) is 28.8 Å². The molecule has 4 rings (SSSR count). The van der Waals surface area contributed by atoms with Crippen molar-refractivity contribution in [2.24, 2.45) is 7.05 Å². The minimum Gasteiger partial charge on any atom is -0.342 e. The second kappa shape index (κ2) is 9.34. The number of aromatic nitrogens is 3. The number of hydrogen-bond acceptors (Lipinski definition) is 5. The molecule has 31 heavy (non-hydrogen) atoms. The molecule has 0 saturated carbocycles. The van der Waals surface area contributed by atoms with E-state index in [9.17, 15) is 9.59 Å². The van der Waals surface area contributed by atoms with Gasteiger partial charge in [0, 0.05) is 25.7 Å². The fourth-order valence-corrected chi connectivity index (χ4v) is 4.51. The first-order valence-corrected chi connectivity index (χ1v) is 11.2. The van der Waals surface area contributed by atoms with Crippen LogP contribution in [0.25, 0.3) is 0 Å². The molecule has 3 aromatic rings. The van der Waals surface area contributed by atoms with Gasteiger partial charge in [0.15, 0.2) is 11.0 Å². The van der Waals surface area contributed by atoms with Crippen LogP contribution in [-0.4, -0.2) is 43.8 Å². The number of amides is 2. The Balaban J connectivity index is 1.34. The van der Waals surface area contributed by atoms with Crippen molar-refractivity contribution >= 4 is 23.6 Å². The SMILES string of the molecule is C[C@H](NC(=O)c1ccccc1)c1nnc(SCC(=O)N2CCc3ccccc3C2)n1C. The van der Waals surface area contributed by atoms with Crippen LogP contribution in [0.1, 0.15) is 40.3 Å². The third kappa shape index (κ3) is 4.80. The molecule has 0 aliphatic carbocycles. The van der Waals surface area contributed by atoms with E-state index in [-0.39, 0.29) is 17.9 Å². The van der Waals surface area contributed by atoms with E-state index in [0.717, 1.165) is 13.0 Å². The van der Waals surface area contributed by atoms with Gasteiger partial charge in [-0.1, -0.05) is 54.2 Å². The Kier molecular flexibility index (Phi) is 6.36. The molecule has 1 aliphatic rings. The van der Waals surface area contributed by atoms with Crippen LogP contribution in [-0.2, 0) is 24.8 Å². The first-order chi connectivity index (χ1) is 15.0. The first-order valence-electron chi connectivity index (χ1n) is 10.3. The van der Waals surface area contributed by atoms with Gasteiger partial charge in [-0.25, -0.2) is 0 Å². The number of nitrogens with one attached hydrogen (secondary N) is 1. The van der Waals surface area contributed by atoms with Crippen LogP contribution >= 0.6 is 11.8 Å². The van der Waals surface area contributed by atoms with Crippen LogP contribution in [0.2, 0.25) is 0 Å². The van der Waals surface area contributed by atoms with Gasteiger partial charge in [0.05, 0.1) is 11.8 Å². The fourth-order valence-electron chi connectivity index (χ4n) is 3.69. The molecular formula is C23H25N5O2S. The lowest BCUT2D eigenvalue weighted by Gasteiger charge is -2.28. The number of carbonyl (C=O) groups is 2. The number of nitrogens with zero attached hydrogens (tertiary/aromatic N) is 4. The van der Waals surface area contributed by atoms with Gasteiger partial charge in [0.1, 0.15) is 0 Å². The average Bonchev–Trinajstić information content (AvgIpc) is 3.18. The van der Waals surface area contributed by atoms with Gasteiger partial charge in [-0.15, -0.1) is 10.2 Å². The van der Waals surface area contributed by atoms with E-state index >= 15 is 0 Å². The normalized spacial score (nSPS) is 14.1. The summed E-state index contributed by atoms with van der Waals surface area (Å²) in [5, 5.41) is 12.1. The highest BCUT2D eigenvalue weighted by atomic mass is 32.2. The molecule has 1 N–H and O–H groups in total. The van der Waals surface area contributed by atoms with E-state index in [1.54, 1.807) is 12.1 Å². The number of fused-ring (bicyclic) bond motifs is 1. The second-order valence-electron chi connectivity index (χ2n) is 7.58. The van der Waals surface area contributed by atoms with Crippen LogP contribution in [0, 0.1) is 0 Å². The van der Waals surface area contributed by atoms with Gasteiger partial charge in [0.2, 0.25) is 5.91 Å². The average molecular weight is 436 g/mol. The number of rotatable bonds is 6. The first kappa shape index (κ1) is 21.1. The monoisotopic (exact) mass is 435 g/mol. The number of thioether (sulfide) groups is 1. The molecule has 160 valence electrons. The smallest absolute Gasteiger partial charge is 0.251 e. The minimum atomic E-state index is -0.311. The maximum atomic E-state index is 12.7. The zero-order valence-corrected chi connectivity index (χ0v) is 18.4. The molecule has 2 aromatic carbocycles. The molecule has 0 fully saturated rings. The fraction of sp³-hybridized carbons (Fsp3) is 0.304. The van der Waals surface area contributed by atoms with Crippen molar-refractivity contribution in [2.45, 2.75) is 31.1 Å². The summed E-state index contributed by atoms with van der Waals surface area (Å²) < 4.78 is 1.83. The molecule has 8 heteroatoms. The highest BCUT2D eigenvalue weighted by Gasteiger charge is 2.22. The summed E-state index contributed by atoms with van der Waals surface area (Å²) in [6, 6.07) is 17.0. The number of benzene rings is 2. The highest BCUT2D eigenvalue weighted by molar-refractivity contribution is 7.99. The summed E-state index contributed by atoms with van der Waals surface area (Å²) in [6.45, 7) is 3.26. The van der Waals surface area contributed by atoms with Gasteiger partial charge in [-0.05, 0) is 36.6 Å². The molecular weight excluding hydrogens is 410 g/mol. The molecule has 0 spiro atoms. The Hall–Kier alpha value is -3.13. The lowest BCUT2D eigenvalue weighted by molar-refractivity contribution is -0.129. The predicted octanol–water partition coefficient (Wildman–Crippen LogP) is 2.98. The zero-order valence-electron chi connectivity index (χ0n) is 17.6. The van der Waals surface area contributed by atoms with E-state index in [2.05, 4.69) is 27.6 Å². The van der Waals surface area contributed by atoms with Crippen molar-refractivity contribution in [1.29, 1.82) is 0 Å². The maximum Gasteiger partial charge on any atom is 0.251 e. The van der Waals surface area contributed by atoms with Crippen LogP contribution in [0.4, 0.5) is 0 Å². The van der Waals surface area contributed by atoms with E-state index in [1.165, 1.54) is 22.9 Å². The van der Waals surface area contributed by atoms with E-state index in [1.807, 2.05) is 53.8 Å². The van der Waals surface area contributed by atoms with Gasteiger partial charge in [0.25, 0.3) is 5.91 Å². The van der Waals surface area contributed by atoms with Crippen molar-refractivity contribution in [3.63, 3.8) is 0 Å². The minimum absolute atomic E-state index is 0.0921. The molecule has 1 atom stereocenters. The molecule has 0 bridgehead atoms. The summed E-state index contributed by atoms with van der Waals surface area (Å²) in [4.78, 5) is 27.0. The van der Waals surface area contributed by atoms with Gasteiger partial charge >= 0.3 is 0 Å². The lowest BCUT2D eigenvalue weighted by Crippen LogP contribution is -2.37. The Morgan fingerprint density at radius 2 is 1.77 bits per heavy atom. The van der Waals surface area contributed by atoms with Crippen molar-refractivity contribution < 1.29 is 9.59 Å². The Morgan fingerprint density at radius 1 is 1.06 bits per heavy atom. The van der Waals surface area contributed by atoms with E-state index < -0.39 is 0 Å². The van der Waals surface area contributed by atoms with Crippen molar-refractivity contribution in [1.82, 2.24) is 25.0 Å². The molecule has 2 amide bonds. The van der Waals surface area contributed by atoms with Gasteiger partial charge in [-0.3, -0.25) is 9.59 Å². The topological polar surface area (TPSA) is 80.1 Å². The molecule has 0 unspecified atom stereocenters. The summed E-state index contributed by atoms with van der Waals surface area (Å²) in [5.41, 5.74) is 3.14. The Labute approximate surface area is 185 Å². The quantitative estimate of drug-likeness (QED) is 0.602. The zero-order chi connectivity index (χ0) is 21.8. The third-order valence-electron chi connectivity index (χ3n) is 5.45. The molecule has 2 heterocycles. The summed E-state index contributed by atoms with van der Waals surface area (Å²) >= 11 is 1.37. The van der Waals surface area contributed by atoms with Crippen LogP contribution in [0.15, 0.2) is 59.8 Å². The van der Waals surface area contributed by atoms with Crippen LogP contribution in [0.3, 0.4) is 0 Å². The lowest BCUT2D eigenvalue weighted by atomic mass is 10.00. The van der Waals surface area contributed by atoms with Crippen molar-refractivity contribution in [2.75, 3.05) is 12.3 Å². The number of carbonyl (C=O) groups excluding carboxylic acids is 2. The van der Waals surface area contributed by atoms with Gasteiger partial charge in [-0.2, -0.15) is 0 Å². The number of hydrogen-bond donors (Lipinski definition) is 1. The molecule has 7 nitrogen and oxygen atoms in total. The molecule has 0 saturated heterocycles. The van der Waals surface area contributed by atoms with Crippen LogP contribution < -0.4 is 5.32 Å². The predicted molar refractivity (Wildman–Crippen MR) is 120 cm³/mol. The summed E-state index contributed by atoms with van der Waals surface area (Å²) in [5.74, 6) is 0.880. The highest BCUT2D eigenvalue weighted by Crippen LogP contribution is 2.22. The maximum absolute atomic E-state index is 12.7. The standard InChI is InChI=1S/C23H25N5O2S/c1-16(24-22(30)18-9-4-3-5-10-18)21-25-26-23(27(21)2)31-15-20(29)28-13-12-17-8-6-7-11-19(17)14-28/h3-11,16H,12-15H2,1-2H3,(H,24,30)/t16-/m0/s1. The van der Waals surface area contributed by atoms with Crippen molar-refractivity contribution in [3.05, 3.63) is 77.1 Å². The van der Waals surface area contributed by atoms with Crippen molar-refractivity contribution in [3.8, 4) is 0 Å². The Bertz CT molecular complexity index is 1080. The molecule has 1 aromatic heterocycles. The molecule has 1 aliphatic heterocycles. The van der Waals surface area contributed by atoms with Crippen LogP contribution in [0.5, 0.6) is 0 Å². The molecule has 0 radical (unpaired) electrons. The Morgan fingerprint density at radius 3 is 2.55 bits per heavy atom. The van der Waals surface area contributed by atoms with Gasteiger partial charge < -0.3 is 14.8 Å². The van der Waals surface area contributed by atoms with E-state index in [4.69, 9.17) is 0 Å². The second-order valence-corrected chi connectivity index (χ2v) is 8.53. The largest absolute Gasteiger partial charge is 0.342 e. The third-order valence-corrected chi connectivity index (χ3v) is 6.45. The summed E-state index contributed by atoms with van der Waals surface area (Å²) in [6.07, 6.45) is 0.888. The summed E-state index contributed by atoms with van der Waals surface area (Å²) in [7, 11) is 1.85.